The van der Waals surface area contributed by atoms with Gasteiger partial charge >= 0.3 is 0 Å². The van der Waals surface area contributed by atoms with Crippen LogP contribution in [0, 0.1) is 149 Å². The summed E-state index contributed by atoms with van der Waals surface area (Å²) in [4.78, 5) is 57.8. The summed E-state index contributed by atoms with van der Waals surface area (Å²) in [5.74, 6) is 0. The maximum absolute atomic E-state index is 7.59. The lowest BCUT2D eigenvalue weighted by atomic mass is 10.0. The maximum atomic E-state index is 7.59. The number of anilines is 15. The standard InChI is InChI=1S/2C20H20N4.3C19H18N4/c1-12-8-14(3)18(9-13(12)2)24-15(4)23(7)19-11-16(21-5)10-17(22-6)20(19)24;1-12-8-13(2)19(14(3)9-12)24-15(4)23(7)18-11-16(21-5)10-17(22-6)20(18)24;1-12-7-8-17(13(2)9-12)23-14(3)22(6)18-11-15(20-4)10-16(21-5)19(18)23;1-12-7-8-13(2)17(9-12)23-14(3)22(6)18-11-15(20-4)10-16(21-5)19(18)23;1-12-8-7-9-13(2)18(12)23-14(3)22(6)17-11-15(20-4)10-16(21-5)19(17)23/h2*8-11,15H,1-4,7H3;3*7-11,14H,1-3,6H3/t2*15-;3*14-/m00000/s1. The zero-order valence-electron chi connectivity index (χ0n) is 70.6. The lowest BCUT2D eigenvalue weighted by molar-refractivity contribution is 0.731. The Morgan fingerprint density at radius 3 is 0.795 bits per heavy atom. The Hall–Kier alpha value is -14.9. The fourth-order valence-corrected chi connectivity index (χ4v) is 16.6. The first-order valence-corrected chi connectivity index (χ1v) is 38.3. The molecule has 10 aromatic carbocycles. The molecular weight excluding hydrogens is 1450 g/mol. The smallest absolute Gasteiger partial charge is 0.202 e. The van der Waals surface area contributed by atoms with Gasteiger partial charge in [0.2, 0.25) is 28.4 Å². The minimum atomic E-state index is 0.0848. The molecule has 5 aliphatic rings. The topological polar surface area (TPSA) is 76.0 Å². The number of para-hydroxylation sites is 1. The Balaban J connectivity index is 0.000000144. The van der Waals surface area contributed by atoms with Gasteiger partial charge in [0, 0.05) is 92.1 Å². The van der Waals surface area contributed by atoms with Crippen molar-refractivity contribution >= 4 is 142 Å². The van der Waals surface area contributed by atoms with Gasteiger partial charge in [-0.1, -0.05) is 71.8 Å². The number of rotatable bonds is 5. The molecule has 20 nitrogen and oxygen atoms in total. The van der Waals surface area contributed by atoms with Crippen molar-refractivity contribution in [3.63, 3.8) is 0 Å². The van der Waals surface area contributed by atoms with E-state index >= 15 is 0 Å². The van der Waals surface area contributed by atoms with E-state index in [-0.39, 0.29) is 30.8 Å². The van der Waals surface area contributed by atoms with E-state index < -0.39 is 0 Å². The quantitative estimate of drug-likeness (QED) is 0.156. The largest absolute Gasteiger partial charge is 0.355 e. The zero-order chi connectivity index (χ0) is 85.4. The summed E-state index contributed by atoms with van der Waals surface area (Å²) in [6.07, 6.45) is 0.440. The van der Waals surface area contributed by atoms with Crippen LogP contribution >= 0.6 is 0 Å². The van der Waals surface area contributed by atoms with Crippen LogP contribution in [0.2, 0.25) is 0 Å². The summed E-state index contributed by atoms with van der Waals surface area (Å²) in [7, 11) is 10.1. The molecule has 582 valence electrons. The molecule has 117 heavy (non-hydrogen) atoms. The van der Waals surface area contributed by atoms with Crippen LogP contribution in [-0.4, -0.2) is 66.1 Å². The van der Waals surface area contributed by atoms with Gasteiger partial charge in [-0.2, -0.15) is 0 Å². The van der Waals surface area contributed by atoms with E-state index in [0.29, 0.717) is 56.9 Å². The van der Waals surface area contributed by atoms with E-state index in [9.17, 15) is 0 Å². The van der Waals surface area contributed by atoms with Crippen molar-refractivity contribution in [3.05, 3.63) is 320 Å². The molecule has 0 fully saturated rings. The lowest BCUT2D eigenvalue weighted by Crippen LogP contribution is -2.36. The number of fused-ring (bicyclic) bond motifs is 5. The summed E-state index contributed by atoms with van der Waals surface area (Å²) >= 11 is 0. The summed E-state index contributed by atoms with van der Waals surface area (Å²) in [6, 6.07) is 45.5. The van der Waals surface area contributed by atoms with Gasteiger partial charge in [-0.25, -0.2) is 48.5 Å². The highest BCUT2D eigenvalue weighted by Gasteiger charge is 2.41. The highest BCUT2D eigenvalue weighted by Crippen LogP contribution is 2.58. The van der Waals surface area contributed by atoms with Crippen LogP contribution in [-0.2, 0) is 0 Å². The second-order valence-corrected chi connectivity index (χ2v) is 30.6. The molecule has 0 bridgehead atoms. The van der Waals surface area contributed by atoms with Crippen molar-refractivity contribution in [1.82, 2.24) is 0 Å². The summed E-state index contributed by atoms with van der Waals surface area (Å²) in [5.41, 5.74) is 34.6. The Bertz CT molecular complexity index is 6130. The third kappa shape index (κ3) is 15.0. The first-order chi connectivity index (χ1) is 55.7. The van der Waals surface area contributed by atoms with Gasteiger partial charge in [-0.3, -0.25) is 0 Å². The van der Waals surface area contributed by atoms with Crippen molar-refractivity contribution in [2.24, 2.45) is 0 Å². The zero-order valence-corrected chi connectivity index (χ0v) is 70.6. The maximum Gasteiger partial charge on any atom is 0.202 e. The van der Waals surface area contributed by atoms with E-state index in [1.165, 1.54) is 66.8 Å². The van der Waals surface area contributed by atoms with E-state index in [4.69, 9.17) is 65.7 Å². The van der Waals surface area contributed by atoms with Crippen molar-refractivity contribution < 1.29 is 0 Å². The van der Waals surface area contributed by atoms with Crippen LogP contribution in [0.4, 0.5) is 142 Å². The molecule has 20 heteroatoms. The minimum Gasteiger partial charge on any atom is -0.355 e. The predicted molar refractivity (Wildman–Crippen MR) is 484 cm³/mol. The number of hydrogen-bond acceptors (Lipinski definition) is 10. The molecule has 15 rings (SSSR count). The molecule has 0 aliphatic carbocycles. The average molecular weight is 1540 g/mol. The molecule has 0 aromatic heterocycles. The monoisotopic (exact) mass is 1540 g/mol. The Kier molecular flexibility index (Phi) is 23.7. The second kappa shape index (κ2) is 33.4. The van der Waals surface area contributed by atoms with Gasteiger partial charge < -0.3 is 49.0 Å². The summed E-state index contributed by atoms with van der Waals surface area (Å²) < 4.78 is 0. The van der Waals surface area contributed by atoms with Crippen LogP contribution in [0.3, 0.4) is 0 Å². The molecule has 0 saturated carbocycles. The highest BCUT2D eigenvalue weighted by molar-refractivity contribution is 6.01. The fraction of sp³-hybridized carbons (Fsp3) is 0.278. The van der Waals surface area contributed by atoms with Crippen LogP contribution in [0.15, 0.2) is 140 Å². The first kappa shape index (κ1) is 83.0. The molecule has 0 unspecified atom stereocenters. The SMILES string of the molecule is [C-]#[N+]c1cc([N+]#[C-])c2c(c1)N(C)[C@H](C)N2c1c(C)cc(C)cc1C.[C-]#[N+]c1cc([N+]#[C-])c2c(c1)N(C)[C@H](C)N2c1c(C)cccc1C.[C-]#[N+]c1cc([N+]#[C-])c2c(c1)N(C)[C@H](C)N2c1cc(C)c(C)cc1C.[C-]#[N+]c1cc([N+]#[C-])c2c(c1)N(C)[C@H](C)N2c1cc(C)ccc1C.[C-]#[N+]c1cc([N+]#[C-])c2c(c1)N(C)[C@H](C)N2c1ccc(C)cc1C. The summed E-state index contributed by atoms with van der Waals surface area (Å²) in [5, 5.41) is 0. The van der Waals surface area contributed by atoms with Gasteiger partial charge in [0.05, 0.1) is 94.2 Å². The minimum absolute atomic E-state index is 0.0848. The van der Waals surface area contributed by atoms with Gasteiger partial charge in [0.25, 0.3) is 0 Å². The molecular formula is C97H94N20. The lowest BCUT2D eigenvalue weighted by Gasteiger charge is -2.31. The van der Waals surface area contributed by atoms with E-state index in [1.807, 2.05) is 65.6 Å². The Labute approximate surface area is 691 Å². The van der Waals surface area contributed by atoms with Crippen molar-refractivity contribution in [2.45, 2.75) is 149 Å². The van der Waals surface area contributed by atoms with Crippen molar-refractivity contribution in [3.8, 4) is 0 Å². The van der Waals surface area contributed by atoms with E-state index in [1.54, 1.807) is 30.3 Å². The molecule has 0 spiro atoms. The molecule has 0 N–H and O–H groups in total. The molecule has 5 aliphatic heterocycles. The van der Waals surface area contributed by atoms with Crippen molar-refractivity contribution in [1.29, 1.82) is 0 Å². The molecule has 5 heterocycles. The second-order valence-electron chi connectivity index (χ2n) is 30.6. The average Bonchev–Trinajstić information content (AvgIpc) is 1.63. The number of aryl methyl sites for hydroxylation is 12. The van der Waals surface area contributed by atoms with E-state index in [2.05, 4.69) is 294 Å². The normalized spacial score (nSPS) is 15.9. The number of hydrogen-bond donors (Lipinski definition) is 0. The molecule has 0 radical (unpaired) electrons. The number of nitrogens with zero attached hydrogens (tertiary/aromatic N) is 20. The van der Waals surface area contributed by atoms with Gasteiger partial charge in [0.15, 0.2) is 28.4 Å². The van der Waals surface area contributed by atoms with Crippen molar-refractivity contribution in [2.75, 3.05) is 84.2 Å². The fourth-order valence-electron chi connectivity index (χ4n) is 16.6. The summed E-state index contributed by atoms with van der Waals surface area (Å²) in [6.45, 7) is 110. The van der Waals surface area contributed by atoms with Gasteiger partial charge in [0.1, 0.15) is 30.8 Å². The van der Waals surface area contributed by atoms with Gasteiger partial charge in [-0.15, -0.1) is 0 Å². The first-order valence-electron chi connectivity index (χ1n) is 38.3. The van der Waals surface area contributed by atoms with Crippen LogP contribution < -0.4 is 49.0 Å². The molecule has 0 saturated heterocycles. The molecule has 5 atom stereocenters. The third-order valence-electron chi connectivity index (χ3n) is 23.2. The molecule has 0 amide bonds. The van der Waals surface area contributed by atoms with E-state index in [0.717, 1.165) is 85.3 Å². The third-order valence-corrected chi connectivity index (χ3v) is 23.2. The number of benzene rings is 10. The van der Waals surface area contributed by atoms with Crippen LogP contribution in [0.5, 0.6) is 0 Å². The van der Waals surface area contributed by atoms with Gasteiger partial charge in [-0.05, 0) is 252 Å². The highest BCUT2D eigenvalue weighted by atomic mass is 15.4. The predicted octanol–water partition coefficient (Wildman–Crippen LogP) is 27.3. The van der Waals surface area contributed by atoms with Crippen LogP contribution in [0.1, 0.15) is 101 Å². The molecule has 10 aromatic rings. The van der Waals surface area contributed by atoms with Crippen LogP contribution in [0.25, 0.3) is 48.5 Å². The Morgan fingerprint density at radius 1 is 0.205 bits per heavy atom. The Morgan fingerprint density at radius 2 is 0.470 bits per heavy atom.